The first kappa shape index (κ1) is 71.8. The number of rotatable bonds is 59. The highest BCUT2D eigenvalue weighted by Gasteiger charge is 2.19. The second kappa shape index (κ2) is 63.4. The molecule has 0 aliphatic rings. The number of esters is 3. The minimum Gasteiger partial charge on any atom is -0.462 e. The van der Waals surface area contributed by atoms with Gasteiger partial charge < -0.3 is 14.2 Å². The van der Waals surface area contributed by atoms with Gasteiger partial charge in [0.1, 0.15) is 13.2 Å². The van der Waals surface area contributed by atoms with Gasteiger partial charge in [0.05, 0.1) is 0 Å². The lowest BCUT2D eigenvalue weighted by Gasteiger charge is -2.18. The molecule has 0 bridgehead atoms. The van der Waals surface area contributed by atoms with Crippen LogP contribution in [-0.4, -0.2) is 37.2 Å². The first-order chi connectivity index (χ1) is 37.0. The van der Waals surface area contributed by atoms with Gasteiger partial charge in [0, 0.05) is 19.3 Å². The predicted molar refractivity (Wildman–Crippen MR) is 325 cm³/mol. The molecule has 0 N–H and O–H groups in total. The number of allylic oxidation sites excluding steroid dienone is 12. The molecule has 0 aromatic heterocycles. The van der Waals surface area contributed by atoms with Crippen LogP contribution in [0, 0.1) is 0 Å². The maximum atomic E-state index is 12.8. The van der Waals surface area contributed by atoms with Crippen LogP contribution in [0.2, 0.25) is 0 Å². The summed E-state index contributed by atoms with van der Waals surface area (Å²) < 4.78 is 16.8. The van der Waals surface area contributed by atoms with Crippen molar-refractivity contribution in [1.29, 1.82) is 0 Å². The number of ether oxygens (including phenoxy) is 3. The third-order valence-corrected chi connectivity index (χ3v) is 14.2. The summed E-state index contributed by atoms with van der Waals surface area (Å²) in [6.45, 7) is 6.46. The number of unbranched alkanes of at least 4 members (excludes halogenated alkanes) is 36. The van der Waals surface area contributed by atoms with Crippen molar-refractivity contribution in [2.75, 3.05) is 13.2 Å². The highest BCUT2D eigenvalue weighted by atomic mass is 16.6. The van der Waals surface area contributed by atoms with E-state index in [1.165, 1.54) is 212 Å². The molecule has 0 rings (SSSR count). The average molecular weight is 1050 g/mol. The fourth-order valence-corrected chi connectivity index (χ4v) is 9.37. The Kier molecular flexibility index (Phi) is 60.7. The lowest BCUT2D eigenvalue weighted by atomic mass is 10.0. The van der Waals surface area contributed by atoms with Crippen LogP contribution in [0.15, 0.2) is 72.9 Å². The fraction of sp³-hybridized carbons (Fsp3) is 0.783. The van der Waals surface area contributed by atoms with Crippen molar-refractivity contribution in [2.45, 2.75) is 335 Å². The fourth-order valence-electron chi connectivity index (χ4n) is 9.37. The summed E-state index contributed by atoms with van der Waals surface area (Å²) in [5.74, 6) is -0.973. The van der Waals surface area contributed by atoms with Crippen molar-refractivity contribution in [1.82, 2.24) is 0 Å². The van der Waals surface area contributed by atoms with Gasteiger partial charge in [-0.2, -0.15) is 0 Å². The van der Waals surface area contributed by atoms with E-state index >= 15 is 0 Å². The summed E-state index contributed by atoms with van der Waals surface area (Å²) in [6.07, 6.45) is 82.6. The minimum atomic E-state index is -0.809. The Hall–Kier alpha value is -3.15. The molecule has 0 spiro atoms. The van der Waals surface area contributed by atoms with Crippen molar-refractivity contribution in [3.8, 4) is 0 Å². The molecule has 0 aromatic carbocycles. The molecule has 0 heterocycles. The molecule has 1 atom stereocenters. The van der Waals surface area contributed by atoms with Crippen molar-refractivity contribution in [3.05, 3.63) is 72.9 Å². The van der Waals surface area contributed by atoms with Crippen LogP contribution in [-0.2, 0) is 28.6 Å². The maximum Gasteiger partial charge on any atom is 0.306 e. The van der Waals surface area contributed by atoms with E-state index in [1.807, 2.05) is 6.08 Å². The van der Waals surface area contributed by atoms with Crippen molar-refractivity contribution in [2.24, 2.45) is 0 Å². The first-order valence-corrected chi connectivity index (χ1v) is 32.4. The quantitative estimate of drug-likeness (QED) is 0.0261. The third-order valence-electron chi connectivity index (χ3n) is 14.2. The Bertz CT molecular complexity index is 1390. The number of hydrogen-bond donors (Lipinski definition) is 0. The van der Waals surface area contributed by atoms with Crippen LogP contribution in [0.1, 0.15) is 329 Å². The van der Waals surface area contributed by atoms with Crippen LogP contribution in [0.5, 0.6) is 0 Å². The summed E-state index contributed by atoms with van der Waals surface area (Å²) in [7, 11) is 0. The summed E-state index contributed by atoms with van der Waals surface area (Å²) in [4.78, 5) is 38.0. The molecule has 0 aliphatic carbocycles. The normalized spacial score (nSPS) is 12.5. The SMILES string of the molecule is CC/C=C\C/C=C\C/C=C\C/C=C\CCC(=O)OC(COC(=O)CCCCCCCCCCC)COC(=O)CCCCCCCCCCCCCCCCCCCCCCCCC/C=C\C/C=C\CCCCCCC. The van der Waals surface area contributed by atoms with E-state index in [-0.39, 0.29) is 37.5 Å². The van der Waals surface area contributed by atoms with Crippen LogP contribution in [0.3, 0.4) is 0 Å². The van der Waals surface area contributed by atoms with Gasteiger partial charge in [0.2, 0.25) is 0 Å². The van der Waals surface area contributed by atoms with E-state index in [2.05, 4.69) is 87.6 Å². The van der Waals surface area contributed by atoms with Crippen molar-refractivity contribution in [3.63, 3.8) is 0 Å². The van der Waals surface area contributed by atoms with Gasteiger partial charge in [0.15, 0.2) is 6.10 Å². The van der Waals surface area contributed by atoms with Crippen LogP contribution in [0.25, 0.3) is 0 Å². The Morgan fingerprint density at radius 3 is 0.867 bits per heavy atom. The van der Waals surface area contributed by atoms with E-state index in [0.29, 0.717) is 19.3 Å². The third kappa shape index (κ3) is 61.6. The zero-order valence-electron chi connectivity index (χ0n) is 49.8. The number of carbonyl (C=O) groups excluding carboxylic acids is 3. The number of hydrogen-bond acceptors (Lipinski definition) is 6. The molecule has 0 aliphatic heterocycles. The Morgan fingerprint density at radius 1 is 0.280 bits per heavy atom. The zero-order chi connectivity index (χ0) is 54.3. The number of carbonyl (C=O) groups is 3. The summed E-state index contributed by atoms with van der Waals surface area (Å²) in [6, 6.07) is 0. The molecule has 434 valence electrons. The Balaban J connectivity index is 3.99. The van der Waals surface area contributed by atoms with Crippen molar-refractivity contribution >= 4 is 17.9 Å². The lowest BCUT2D eigenvalue weighted by molar-refractivity contribution is -0.166. The largest absolute Gasteiger partial charge is 0.462 e. The van der Waals surface area contributed by atoms with Crippen LogP contribution in [0.4, 0.5) is 0 Å². The average Bonchev–Trinajstić information content (AvgIpc) is 3.41. The molecule has 75 heavy (non-hydrogen) atoms. The highest BCUT2D eigenvalue weighted by Crippen LogP contribution is 2.17. The maximum absolute atomic E-state index is 12.8. The van der Waals surface area contributed by atoms with E-state index in [9.17, 15) is 14.4 Å². The summed E-state index contributed by atoms with van der Waals surface area (Å²) in [5.41, 5.74) is 0. The highest BCUT2D eigenvalue weighted by molar-refractivity contribution is 5.71. The van der Waals surface area contributed by atoms with Gasteiger partial charge in [-0.3, -0.25) is 14.4 Å². The van der Waals surface area contributed by atoms with E-state index in [1.54, 1.807) is 0 Å². The molecular formula is C69H122O6. The Labute approximate surface area is 465 Å². The van der Waals surface area contributed by atoms with Crippen molar-refractivity contribution < 1.29 is 28.6 Å². The summed E-state index contributed by atoms with van der Waals surface area (Å²) in [5, 5.41) is 0. The molecule has 1 unspecified atom stereocenters. The van der Waals surface area contributed by atoms with E-state index in [0.717, 1.165) is 70.6 Å². The molecular weight excluding hydrogens is 925 g/mol. The molecule has 0 saturated carbocycles. The van der Waals surface area contributed by atoms with Gasteiger partial charge in [-0.25, -0.2) is 0 Å². The Morgan fingerprint density at radius 2 is 0.547 bits per heavy atom. The van der Waals surface area contributed by atoms with Gasteiger partial charge in [0.25, 0.3) is 0 Å². The zero-order valence-corrected chi connectivity index (χ0v) is 49.8. The second-order valence-corrected chi connectivity index (χ2v) is 21.6. The van der Waals surface area contributed by atoms with Crippen LogP contribution < -0.4 is 0 Å². The first-order valence-electron chi connectivity index (χ1n) is 32.4. The molecule has 0 aromatic rings. The van der Waals surface area contributed by atoms with Gasteiger partial charge in [-0.15, -0.1) is 0 Å². The topological polar surface area (TPSA) is 78.9 Å². The molecule has 6 heteroatoms. The monoisotopic (exact) mass is 1050 g/mol. The van der Waals surface area contributed by atoms with Gasteiger partial charge >= 0.3 is 17.9 Å². The van der Waals surface area contributed by atoms with E-state index in [4.69, 9.17) is 14.2 Å². The molecule has 0 saturated heterocycles. The van der Waals surface area contributed by atoms with E-state index < -0.39 is 6.10 Å². The smallest absolute Gasteiger partial charge is 0.306 e. The molecule has 0 fully saturated rings. The second-order valence-electron chi connectivity index (χ2n) is 21.6. The minimum absolute atomic E-state index is 0.0998. The standard InChI is InChI=1S/C69H122O6/c1-4-7-10-13-16-19-21-23-24-25-26-27-28-29-30-31-32-33-34-35-36-37-38-39-40-41-42-43-44-46-47-50-53-56-59-62-68(71)74-65-66(64-73-67(70)61-58-55-52-49-18-15-12-9-6-3)75-69(72)63-60-57-54-51-48-45-22-20-17-14-11-8-5-2/h8,11,17,20-21,23,25-26,45,48,54,57,66H,4-7,9-10,12-16,18-19,22,24,27-44,46-47,49-53,55-56,58-65H2,1-3H3/b11-8-,20-17-,23-21-,26-25-,48-45-,57-54-. The predicted octanol–water partition coefficient (Wildman–Crippen LogP) is 22.1. The molecule has 0 amide bonds. The lowest BCUT2D eigenvalue weighted by Crippen LogP contribution is -2.30. The molecule has 6 nitrogen and oxygen atoms in total. The molecule has 0 radical (unpaired) electrons. The van der Waals surface area contributed by atoms with Gasteiger partial charge in [-0.1, -0.05) is 306 Å². The van der Waals surface area contributed by atoms with Gasteiger partial charge in [-0.05, 0) is 77.0 Å². The summed E-state index contributed by atoms with van der Waals surface area (Å²) >= 11 is 0. The van der Waals surface area contributed by atoms with Crippen LogP contribution >= 0.6 is 0 Å².